The summed E-state index contributed by atoms with van der Waals surface area (Å²) in [5, 5.41) is 14.1. The number of hydrogen-bond donors (Lipinski definition) is 2. The molecular weight excluding hydrogens is 330 g/mol. The van der Waals surface area contributed by atoms with Gasteiger partial charge < -0.3 is 19.6 Å². The Balaban J connectivity index is 1.64. The van der Waals surface area contributed by atoms with E-state index in [0.717, 1.165) is 22.3 Å². The van der Waals surface area contributed by atoms with Crippen LogP contribution in [0, 0.1) is 6.92 Å². The third-order valence-electron chi connectivity index (χ3n) is 4.29. The summed E-state index contributed by atoms with van der Waals surface area (Å²) >= 11 is 0. The molecule has 0 bridgehead atoms. The predicted molar refractivity (Wildman–Crippen MR) is 102 cm³/mol. The molecule has 5 heteroatoms. The highest BCUT2D eigenvalue weighted by atomic mass is 16.5. The van der Waals surface area contributed by atoms with E-state index in [1.807, 2.05) is 44.2 Å². The summed E-state index contributed by atoms with van der Waals surface area (Å²) in [7, 11) is 0. The van der Waals surface area contributed by atoms with Crippen molar-refractivity contribution in [1.82, 2.24) is 5.32 Å². The zero-order chi connectivity index (χ0) is 18.5. The van der Waals surface area contributed by atoms with Crippen LogP contribution < -0.4 is 15.7 Å². The first kappa shape index (κ1) is 18.0. The van der Waals surface area contributed by atoms with E-state index in [2.05, 4.69) is 5.32 Å². The number of hydrogen-bond acceptors (Lipinski definition) is 5. The van der Waals surface area contributed by atoms with Gasteiger partial charge in [-0.05, 0) is 42.7 Å². The van der Waals surface area contributed by atoms with Crippen molar-refractivity contribution in [1.29, 1.82) is 0 Å². The van der Waals surface area contributed by atoms with Gasteiger partial charge in [0.15, 0.2) is 0 Å². The number of aromatic hydroxyl groups is 1. The highest BCUT2D eigenvalue weighted by Gasteiger charge is 2.09. The number of nitrogens with one attached hydrogen (secondary N) is 1. The fourth-order valence-corrected chi connectivity index (χ4v) is 2.84. The summed E-state index contributed by atoms with van der Waals surface area (Å²) in [5.74, 6) is 0.992. The lowest BCUT2D eigenvalue weighted by atomic mass is 10.0. The molecule has 0 fully saturated rings. The smallest absolute Gasteiger partial charge is 0.336 e. The first-order valence-corrected chi connectivity index (χ1v) is 8.75. The number of phenols is 1. The third-order valence-corrected chi connectivity index (χ3v) is 4.29. The highest BCUT2D eigenvalue weighted by Crippen LogP contribution is 2.26. The van der Waals surface area contributed by atoms with Crippen molar-refractivity contribution in [2.45, 2.75) is 26.8 Å². The summed E-state index contributed by atoms with van der Waals surface area (Å²) in [4.78, 5) is 11.8. The van der Waals surface area contributed by atoms with Crippen LogP contribution in [0.15, 0.2) is 51.7 Å². The number of benzene rings is 2. The zero-order valence-corrected chi connectivity index (χ0v) is 15.0. The van der Waals surface area contributed by atoms with Gasteiger partial charge in [0, 0.05) is 30.6 Å². The Labute approximate surface area is 152 Å². The molecule has 0 aliphatic carbocycles. The minimum Gasteiger partial charge on any atom is -0.508 e. The summed E-state index contributed by atoms with van der Waals surface area (Å²) in [5.41, 5.74) is 2.85. The Morgan fingerprint density at radius 3 is 2.62 bits per heavy atom. The molecule has 5 nitrogen and oxygen atoms in total. The topological polar surface area (TPSA) is 71.7 Å². The molecule has 0 amide bonds. The summed E-state index contributed by atoms with van der Waals surface area (Å²) < 4.78 is 10.9. The van der Waals surface area contributed by atoms with E-state index in [1.54, 1.807) is 0 Å². The maximum absolute atomic E-state index is 11.8. The Hall–Kier alpha value is -2.79. The zero-order valence-electron chi connectivity index (χ0n) is 15.0. The highest BCUT2D eigenvalue weighted by molar-refractivity contribution is 5.82. The van der Waals surface area contributed by atoms with Crippen LogP contribution in [0.4, 0.5) is 0 Å². The van der Waals surface area contributed by atoms with Gasteiger partial charge in [0.25, 0.3) is 0 Å². The molecule has 2 aromatic carbocycles. The molecule has 26 heavy (non-hydrogen) atoms. The molecule has 0 saturated carbocycles. The minimum atomic E-state index is -0.422. The van der Waals surface area contributed by atoms with Gasteiger partial charge in [0.2, 0.25) is 0 Å². The molecular formula is C21H23NO4. The predicted octanol–water partition coefficient (Wildman–Crippen LogP) is 3.54. The second kappa shape index (κ2) is 8.06. The lowest BCUT2D eigenvalue weighted by molar-refractivity contribution is 0.313. The second-order valence-corrected chi connectivity index (χ2v) is 6.26. The maximum atomic E-state index is 11.8. The van der Waals surface area contributed by atoms with Crippen molar-refractivity contribution in [3.05, 3.63) is 69.6 Å². The third kappa shape index (κ3) is 4.24. The molecule has 3 aromatic rings. The Bertz CT molecular complexity index is 945. The van der Waals surface area contributed by atoms with Crippen molar-refractivity contribution < 1.29 is 14.3 Å². The normalized spacial score (nSPS) is 11.0. The average molecular weight is 353 g/mol. The molecule has 2 N–H and O–H groups in total. The van der Waals surface area contributed by atoms with E-state index in [4.69, 9.17) is 9.15 Å². The van der Waals surface area contributed by atoms with E-state index < -0.39 is 5.63 Å². The molecule has 3 rings (SSSR count). The van der Waals surface area contributed by atoms with Crippen LogP contribution in [0.5, 0.6) is 11.5 Å². The van der Waals surface area contributed by atoms with Gasteiger partial charge >= 0.3 is 5.63 Å². The molecule has 0 aliphatic heterocycles. The van der Waals surface area contributed by atoms with Gasteiger partial charge in [0.05, 0.1) is 0 Å². The van der Waals surface area contributed by atoms with Gasteiger partial charge in [-0.15, -0.1) is 0 Å². The molecule has 136 valence electrons. The average Bonchev–Trinajstić information content (AvgIpc) is 2.62. The van der Waals surface area contributed by atoms with Crippen molar-refractivity contribution in [3.8, 4) is 11.5 Å². The molecule has 0 atom stereocenters. The van der Waals surface area contributed by atoms with Crippen LogP contribution in [0.2, 0.25) is 0 Å². The van der Waals surface area contributed by atoms with Gasteiger partial charge in [0.1, 0.15) is 23.7 Å². The fraction of sp³-hybridized carbons (Fsp3) is 0.286. The van der Waals surface area contributed by atoms with Crippen molar-refractivity contribution in [2.24, 2.45) is 0 Å². The SMILES string of the molecule is CCc1cc2c(CNCCOc3ccc(C)cc3)cc(=O)oc2cc1O. The number of phenolic OH excluding ortho intramolecular Hbond substituents is 1. The van der Waals surface area contributed by atoms with Crippen LogP contribution in [0.3, 0.4) is 0 Å². The van der Waals surface area contributed by atoms with E-state index in [1.165, 1.54) is 17.7 Å². The molecule has 1 aromatic heterocycles. The maximum Gasteiger partial charge on any atom is 0.336 e. The second-order valence-electron chi connectivity index (χ2n) is 6.26. The van der Waals surface area contributed by atoms with Crippen molar-refractivity contribution in [3.63, 3.8) is 0 Å². The summed E-state index contributed by atoms with van der Waals surface area (Å²) in [6.45, 7) is 5.71. The van der Waals surface area contributed by atoms with E-state index in [-0.39, 0.29) is 5.75 Å². The van der Waals surface area contributed by atoms with Crippen LogP contribution >= 0.6 is 0 Å². The molecule has 0 radical (unpaired) electrons. The monoisotopic (exact) mass is 353 g/mol. The molecule has 0 spiro atoms. The van der Waals surface area contributed by atoms with E-state index >= 15 is 0 Å². The van der Waals surface area contributed by atoms with Gasteiger partial charge in [-0.2, -0.15) is 0 Å². The summed E-state index contributed by atoms with van der Waals surface area (Å²) in [6.07, 6.45) is 0.707. The molecule has 1 heterocycles. The van der Waals surface area contributed by atoms with E-state index in [0.29, 0.717) is 31.7 Å². The molecule has 0 saturated heterocycles. The van der Waals surface area contributed by atoms with Gasteiger partial charge in [-0.25, -0.2) is 4.79 Å². The van der Waals surface area contributed by atoms with Crippen LogP contribution in [0.25, 0.3) is 11.0 Å². The van der Waals surface area contributed by atoms with Crippen molar-refractivity contribution >= 4 is 11.0 Å². The van der Waals surface area contributed by atoms with Crippen LogP contribution in [-0.4, -0.2) is 18.3 Å². The van der Waals surface area contributed by atoms with Gasteiger partial charge in [-0.1, -0.05) is 24.6 Å². The van der Waals surface area contributed by atoms with Crippen LogP contribution in [0.1, 0.15) is 23.6 Å². The quantitative estimate of drug-likeness (QED) is 0.502. The number of aryl methyl sites for hydroxylation is 2. The number of ether oxygens (including phenoxy) is 1. The van der Waals surface area contributed by atoms with Crippen LogP contribution in [-0.2, 0) is 13.0 Å². The minimum absolute atomic E-state index is 0.153. The molecule has 0 unspecified atom stereocenters. The standard InChI is InChI=1S/C21H23NO4/c1-3-15-10-18-16(11-21(24)26-20(18)12-19(15)23)13-22-8-9-25-17-6-4-14(2)5-7-17/h4-7,10-12,22-23H,3,8-9,13H2,1-2H3. The Kier molecular flexibility index (Phi) is 5.58. The number of rotatable bonds is 7. The largest absolute Gasteiger partial charge is 0.508 e. The summed E-state index contributed by atoms with van der Waals surface area (Å²) in [6, 6.07) is 12.8. The lowest BCUT2D eigenvalue weighted by Crippen LogP contribution is -2.21. The Morgan fingerprint density at radius 1 is 1.12 bits per heavy atom. The Morgan fingerprint density at radius 2 is 1.88 bits per heavy atom. The van der Waals surface area contributed by atoms with Crippen molar-refractivity contribution in [2.75, 3.05) is 13.2 Å². The first-order chi connectivity index (χ1) is 12.6. The van der Waals surface area contributed by atoms with E-state index in [9.17, 15) is 9.90 Å². The van der Waals surface area contributed by atoms with Gasteiger partial charge in [-0.3, -0.25) is 0 Å². The first-order valence-electron chi connectivity index (χ1n) is 8.75. The number of fused-ring (bicyclic) bond motifs is 1. The fourth-order valence-electron chi connectivity index (χ4n) is 2.84. The molecule has 0 aliphatic rings. The lowest BCUT2D eigenvalue weighted by Gasteiger charge is -2.10.